The van der Waals surface area contributed by atoms with E-state index in [2.05, 4.69) is 4.72 Å². The highest BCUT2D eigenvalue weighted by Gasteiger charge is 2.34. The summed E-state index contributed by atoms with van der Waals surface area (Å²) in [5, 5.41) is 9.47. The van der Waals surface area contributed by atoms with Crippen molar-refractivity contribution in [1.29, 1.82) is 5.41 Å². The molecule has 2 aliphatic rings. The van der Waals surface area contributed by atoms with Crippen molar-refractivity contribution >= 4 is 38.4 Å². The van der Waals surface area contributed by atoms with Gasteiger partial charge in [0.2, 0.25) is 21.8 Å². The highest BCUT2D eigenvalue weighted by atomic mass is 32.2. The van der Waals surface area contributed by atoms with Gasteiger partial charge in [-0.25, -0.2) is 8.42 Å². The summed E-state index contributed by atoms with van der Waals surface area (Å²) >= 11 is 0. The second-order valence-corrected chi connectivity index (χ2v) is 12.7. The number of nitrogen functional groups attached to an aromatic ring is 1. The van der Waals surface area contributed by atoms with Crippen molar-refractivity contribution in [3.05, 3.63) is 77.9 Å². The molecule has 2 fully saturated rings. The van der Waals surface area contributed by atoms with Gasteiger partial charge in [-0.2, -0.15) is 4.72 Å². The first kappa shape index (κ1) is 28.8. The Balaban J connectivity index is 1.35. The number of nitrogens with two attached hydrogens (primary N) is 1. The standard InChI is InChI=1S/C31H37N5O4S/c32-29(33)26-12-6-7-22(19-26)20-28(34-41(39,40)27-14-13-23-8-4-5-11-25(23)21-27)31(38)36-17-15-35(16-18-36)30(37)24-9-2-1-3-10-24/h4-8,11-14,19,21,24,28,34H,1-3,9-10,15-18,20H2,(H3,32,33)/t28-/m0/s1. The summed E-state index contributed by atoms with van der Waals surface area (Å²) in [7, 11) is -4.05. The maximum atomic E-state index is 13.8. The Morgan fingerprint density at radius 1 is 0.878 bits per heavy atom. The molecule has 0 radical (unpaired) electrons. The van der Waals surface area contributed by atoms with Crippen LogP contribution < -0.4 is 10.5 Å². The number of hydrogen-bond donors (Lipinski definition) is 3. The number of amidine groups is 1. The largest absolute Gasteiger partial charge is 0.384 e. The summed E-state index contributed by atoms with van der Waals surface area (Å²) in [6, 6.07) is 18.2. The zero-order chi connectivity index (χ0) is 29.0. The predicted molar refractivity (Wildman–Crippen MR) is 159 cm³/mol. The normalized spacial score (nSPS) is 17.4. The number of carbonyl (C=O) groups excluding carboxylic acids is 2. The fourth-order valence-electron chi connectivity index (χ4n) is 5.85. The summed E-state index contributed by atoms with van der Waals surface area (Å²) in [5.41, 5.74) is 6.85. The number of amides is 2. The molecule has 1 aliphatic carbocycles. The van der Waals surface area contributed by atoms with Crippen molar-refractivity contribution in [1.82, 2.24) is 14.5 Å². The van der Waals surface area contributed by atoms with E-state index < -0.39 is 16.1 Å². The Morgan fingerprint density at radius 2 is 1.56 bits per heavy atom. The molecule has 0 bridgehead atoms. The van der Waals surface area contributed by atoms with Crippen LogP contribution in [0.15, 0.2) is 71.6 Å². The number of rotatable bonds is 8. The van der Waals surface area contributed by atoms with Gasteiger partial charge in [0.05, 0.1) is 4.90 Å². The Morgan fingerprint density at radius 3 is 2.27 bits per heavy atom. The predicted octanol–water partition coefficient (Wildman–Crippen LogP) is 3.26. The minimum Gasteiger partial charge on any atom is -0.384 e. The molecule has 1 atom stereocenters. The molecule has 41 heavy (non-hydrogen) atoms. The second kappa shape index (κ2) is 12.4. The monoisotopic (exact) mass is 575 g/mol. The molecule has 1 heterocycles. The van der Waals surface area contributed by atoms with Crippen LogP contribution in [0.5, 0.6) is 0 Å². The van der Waals surface area contributed by atoms with Crippen molar-refractivity contribution in [3.63, 3.8) is 0 Å². The van der Waals surface area contributed by atoms with Crippen molar-refractivity contribution < 1.29 is 18.0 Å². The average molecular weight is 576 g/mol. The molecular formula is C31H37N5O4S. The van der Waals surface area contributed by atoms with Gasteiger partial charge in [0.1, 0.15) is 11.9 Å². The lowest BCUT2D eigenvalue weighted by Crippen LogP contribution is -2.57. The second-order valence-electron chi connectivity index (χ2n) is 11.0. The highest BCUT2D eigenvalue weighted by molar-refractivity contribution is 7.89. The van der Waals surface area contributed by atoms with E-state index in [1.54, 1.807) is 41.3 Å². The van der Waals surface area contributed by atoms with Crippen molar-refractivity contribution in [2.75, 3.05) is 26.2 Å². The lowest BCUT2D eigenvalue weighted by atomic mass is 9.88. The smallest absolute Gasteiger partial charge is 0.241 e. The molecule has 1 saturated heterocycles. The van der Waals surface area contributed by atoms with E-state index >= 15 is 0 Å². The number of sulfonamides is 1. The highest BCUT2D eigenvalue weighted by Crippen LogP contribution is 2.26. The summed E-state index contributed by atoms with van der Waals surface area (Å²) in [6.45, 7) is 1.56. The van der Waals surface area contributed by atoms with Gasteiger partial charge in [0.15, 0.2) is 0 Å². The molecule has 216 valence electrons. The molecule has 1 aliphatic heterocycles. The molecule has 0 unspecified atom stereocenters. The van der Waals surface area contributed by atoms with Crippen LogP contribution >= 0.6 is 0 Å². The lowest BCUT2D eigenvalue weighted by molar-refractivity contribution is -0.143. The SMILES string of the molecule is N=C(N)c1cccc(C[C@H](NS(=O)(=O)c2ccc3ccccc3c2)C(=O)N2CCN(C(=O)C3CCCCC3)CC2)c1. The maximum absolute atomic E-state index is 13.8. The quantitative estimate of drug-likeness (QED) is 0.280. The van der Waals surface area contributed by atoms with Gasteiger partial charge < -0.3 is 15.5 Å². The number of fused-ring (bicyclic) bond motifs is 1. The van der Waals surface area contributed by atoms with Crippen LogP contribution in [-0.2, 0) is 26.0 Å². The van der Waals surface area contributed by atoms with E-state index in [4.69, 9.17) is 11.1 Å². The molecular weight excluding hydrogens is 538 g/mol. The van der Waals surface area contributed by atoms with Gasteiger partial charge in [-0.05, 0) is 53.8 Å². The molecule has 3 aromatic rings. The van der Waals surface area contributed by atoms with Gasteiger partial charge in [-0.1, -0.05) is 67.8 Å². The van der Waals surface area contributed by atoms with Gasteiger partial charge >= 0.3 is 0 Å². The zero-order valence-corrected chi connectivity index (χ0v) is 23.9. The van der Waals surface area contributed by atoms with Gasteiger partial charge in [0.25, 0.3) is 0 Å². The van der Waals surface area contributed by atoms with Gasteiger partial charge in [-0.3, -0.25) is 15.0 Å². The van der Waals surface area contributed by atoms with Crippen LogP contribution in [0, 0.1) is 11.3 Å². The molecule has 4 N–H and O–H groups in total. The van der Waals surface area contributed by atoms with Crippen LogP contribution in [-0.4, -0.2) is 68.1 Å². The van der Waals surface area contributed by atoms with Crippen LogP contribution in [0.25, 0.3) is 10.8 Å². The van der Waals surface area contributed by atoms with E-state index in [0.29, 0.717) is 37.3 Å². The molecule has 1 saturated carbocycles. The fourth-order valence-corrected chi connectivity index (χ4v) is 7.07. The van der Waals surface area contributed by atoms with E-state index in [-0.39, 0.29) is 34.9 Å². The molecule has 5 rings (SSSR count). The fraction of sp³-hybridized carbons (Fsp3) is 0.387. The first-order chi connectivity index (χ1) is 19.7. The summed E-state index contributed by atoms with van der Waals surface area (Å²) in [6.07, 6.45) is 5.29. The first-order valence-corrected chi connectivity index (χ1v) is 15.7. The minimum absolute atomic E-state index is 0.0704. The van der Waals surface area contributed by atoms with E-state index in [1.165, 1.54) is 12.5 Å². The summed E-state index contributed by atoms with van der Waals surface area (Å²) in [5.74, 6) is -0.204. The summed E-state index contributed by atoms with van der Waals surface area (Å²) in [4.78, 5) is 30.5. The Hall–Kier alpha value is -3.76. The minimum atomic E-state index is -4.05. The number of piperazine rings is 1. The number of nitrogens with one attached hydrogen (secondary N) is 2. The maximum Gasteiger partial charge on any atom is 0.241 e. The van der Waals surface area contributed by atoms with Crippen molar-refractivity contribution in [2.24, 2.45) is 11.7 Å². The van der Waals surface area contributed by atoms with Crippen LogP contribution in [0.4, 0.5) is 0 Å². The number of carbonyl (C=O) groups is 2. The Labute approximate surface area is 241 Å². The molecule has 0 aromatic heterocycles. The summed E-state index contributed by atoms with van der Waals surface area (Å²) < 4.78 is 29.8. The number of benzene rings is 3. The van der Waals surface area contributed by atoms with Crippen LogP contribution in [0.2, 0.25) is 0 Å². The number of hydrogen-bond acceptors (Lipinski definition) is 5. The van der Waals surface area contributed by atoms with Crippen molar-refractivity contribution in [2.45, 2.75) is 49.5 Å². The Bertz CT molecular complexity index is 1540. The third-order valence-corrected chi connectivity index (χ3v) is 9.63. The molecule has 9 nitrogen and oxygen atoms in total. The third kappa shape index (κ3) is 6.77. The van der Waals surface area contributed by atoms with Crippen LogP contribution in [0.1, 0.15) is 43.2 Å². The van der Waals surface area contributed by atoms with E-state index in [9.17, 15) is 18.0 Å². The molecule has 3 aromatic carbocycles. The molecule has 0 spiro atoms. The molecule has 10 heteroatoms. The number of nitrogens with zero attached hydrogens (tertiary/aromatic N) is 2. The van der Waals surface area contributed by atoms with Crippen molar-refractivity contribution in [3.8, 4) is 0 Å². The molecule has 2 amide bonds. The lowest BCUT2D eigenvalue weighted by Gasteiger charge is -2.38. The van der Waals surface area contributed by atoms with Crippen LogP contribution in [0.3, 0.4) is 0 Å². The van der Waals surface area contributed by atoms with Gasteiger partial charge in [0, 0.05) is 37.7 Å². The Kier molecular flexibility index (Phi) is 8.70. The first-order valence-electron chi connectivity index (χ1n) is 14.2. The average Bonchev–Trinajstić information content (AvgIpc) is 3.00. The third-order valence-electron chi connectivity index (χ3n) is 8.16. The zero-order valence-electron chi connectivity index (χ0n) is 23.1. The van der Waals surface area contributed by atoms with E-state index in [1.807, 2.05) is 29.2 Å². The van der Waals surface area contributed by atoms with E-state index in [0.717, 1.165) is 36.5 Å². The van der Waals surface area contributed by atoms with Gasteiger partial charge in [-0.15, -0.1) is 0 Å². The topological polar surface area (TPSA) is 137 Å².